The monoisotopic (exact) mass is 391 g/mol. The van der Waals surface area contributed by atoms with Gasteiger partial charge in [0, 0.05) is 25.8 Å². The number of aromatic nitrogens is 2. The highest BCUT2D eigenvalue weighted by Gasteiger charge is 2.42. The molecule has 1 saturated heterocycles. The summed E-state index contributed by atoms with van der Waals surface area (Å²) in [5, 5.41) is 15.3. The minimum Gasteiger partial charge on any atom is -0.371 e. The van der Waals surface area contributed by atoms with Gasteiger partial charge in [-0.05, 0) is 38.0 Å². The van der Waals surface area contributed by atoms with E-state index in [-0.39, 0.29) is 24.1 Å². The lowest BCUT2D eigenvalue weighted by Gasteiger charge is -2.41. The number of piperidine rings is 1. The number of carbonyl (C=O) groups is 2. The number of carbonyl (C=O) groups excluding carboxylic acids is 2. The number of benzene rings is 1. The van der Waals surface area contributed by atoms with Crippen LogP contribution >= 0.6 is 11.3 Å². The molecule has 27 heavy (non-hydrogen) atoms. The molecule has 0 bridgehead atoms. The molecule has 144 valence electrons. The predicted molar refractivity (Wildman–Crippen MR) is 101 cm³/mol. The maximum atomic E-state index is 13.5. The fraction of sp³-hybridized carbons (Fsp3) is 0.444. The molecule has 0 radical (unpaired) electrons. The number of hydrogen-bond acceptors (Lipinski definition) is 6. The van der Waals surface area contributed by atoms with Gasteiger partial charge in [-0.25, -0.2) is 4.39 Å². The van der Waals surface area contributed by atoms with E-state index >= 15 is 0 Å². The van der Waals surface area contributed by atoms with Crippen LogP contribution in [0.5, 0.6) is 0 Å². The van der Waals surface area contributed by atoms with Gasteiger partial charge in [-0.15, -0.1) is 21.5 Å². The summed E-state index contributed by atoms with van der Waals surface area (Å²) >= 11 is 1.41. The normalized spacial score (nSPS) is 16.0. The standard InChI is InChI=1S/C18H22FN5O2S/c1-12-22-23-15(27-12)11-16(25)24-8-6-18(7-9-24,17(26)20-2)21-14-5-3-4-13(19)10-14/h3-5,10,21H,6-9,11H2,1-2H3,(H,20,26). The summed E-state index contributed by atoms with van der Waals surface area (Å²) in [5.41, 5.74) is -0.332. The first kappa shape index (κ1) is 19.2. The van der Waals surface area contributed by atoms with Crippen LogP contribution in [0.2, 0.25) is 0 Å². The Labute approximate surface area is 161 Å². The highest BCUT2D eigenvalue weighted by atomic mass is 32.1. The van der Waals surface area contributed by atoms with Crippen molar-refractivity contribution in [3.05, 3.63) is 40.1 Å². The molecule has 1 aliphatic heterocycles. The second-order valence-electron chi connectivity index (χ2n) is 6.57. The number of likely N-dealkylation sites (tertiary alicyclic amines) is 1. The number of halogens is 1. The molecule has 0 saturated carbocycles. The van der Waals surface area contributed by atoms with Gasteiger partial charge in [0.2, 0.25) is 11.8 Å². The lowest BCUT2D eigenvalue weighted by molar-refractivity contribution is -0.135. The smallest absolute Gasteiger partial charge is 0.245 e. The van der Waals surface area contributed by atoms with Crippen molar-refractivity contribution in [2.45, 2.75) is 31.7 Å². The van der Waals surface area contributed by atoms with Crippen LogP contribution in [-0.2, 0) is 16.0 Å². The zero-order valence-corrected chi connectivity index (χ0v) is 16.1. The van der Waals surface area contributed by atoms with Crippen molar-refractivity contribution in [3.63, 3.8) is 0 Å². The molecular formula is C18H22FN5O2S. The zero-order chi connectivity index (χ0) is 19.4. The van der Waals surface area contributed by atoms with Crippen molar-refractivity contribution in [1.82, 2.24) is 20.4 Å². The van der Waals surface area contributed by atoms with Crippen molar-refractivity contribution in [3.8, 4) is 0 Å². The quantitative estimate of drug-likeness (QED) is 0.811. The zero-order valence-electron chi connectivity index (χ0n) is 15.3. The molecule has 2 N–H and O–H groups in total. The van der Waals surface area contributed by atoms with E-state index in [1.807, 2.05) is 6.92 Å². The highest BCUT2D eigenvalue weighted by molar-refractivity contribution is 7.11. The number of aryl methyl sites for hydroxylation is 1. The molecule has 3 rings (SSSR count). The summed E-state index contributed by atoms with van der Waals surface area (Å²) in [6, 6.07) is 6.04. The van der Waals surface area contributed by atoms with Crippen LogP contribution in [0.4, 0.5) is 10.1 Å². The van der Waals surface area contributed by atoms with Gasteiger partial charge in [0.15, 0.2) is 0 Å². The average Bonchev–Trinajstić information content (AvgIpc) is 3.06. The largest absolute Gasteiger partial charge is 0.371 e. The van der Waals surface area contributed by atoms with Crippen molar-refractivity contribution in [2.75, 3.05) is 25.5 Å². The second kappa shape index (κ2) is 7.99. The second-order valence-corrected chi connectivity index (χ2v) is 7.84. The van der Waals surface area contributed by atoms with Gasteiger partial charge in [-0.1, -0.05) is 6.07 Å². The minimum absolute atomic E-state index is 0.0255. The molecule has 0 aliphatic carbocycles. The molecule has 0 unspecified atom stereocenters. The van der Waals surface area contributed by atoms with E-state index in [1.54, 1.807) is 24.1 Å². The van der Waals surface area contributed by atoms with Gasteiger partial charge in [-0.2, -0.15) is 0 Å². The van der Waals surface area contributed by atoms with Crippen LogP contribution in [0.3, 0.4) is 0 Å². The molecule has 2 amide bonds. The first-order valence-electron chi connectivity index (χ1n) is 8.74. The van der Waals surface area contributed by atoms with Crippen molar-refractivity contribution in [2.24, 2.45) is 0 Å². The van der Waals surface area contributed by atoms with Gasteiger partial charge in [0.25, 0.3) is 0 Å². The number of rotatable bonds is 5. The minimum atomic E-state index is -0.876. The summed E-state index contributed by atoms with van der Waals surface area (Å²) in [6.45, 7) is 2.72. The summed E-state index contributed by atoms with van der Waals surface area (Å²) in [5.74, 6) is -0.562. The molecule has 1 aromatic carbocycles. The van der Waals surface area contributed by atoms with Crippen LogP contribution in [0.15, 0.2) is 24.3 Å². The number of hydrogen-bond donors (Lipinski definition) is 2. The Morgan fingerprint density at radius 2 is 2.04 bits per heavy atom. The van der Waals surface area contributed by atoms with E-state index in [2.05, 4.69) is 20.8 Å². The Hall–Kier alpha value is -2.55. The Morgan fingerprint density at radius 1 is 1.30 bits per heavy atom. The van der Waals surface area contributed by atoms with Gasteiger partial charge in [0.05, 0.1) is 6.42 Å². The van der Waals surface area contributed by atoms with Crippen LogP contribution in [0.1, 0.15) is 22.9 Å². The molecule has 7 nitrogen and oxygen atoms in total. The lowest BCUT2D eigenvalue weighted by atomic mass is 9.85. The molecule has 9 heteroatoms. The first-order valence-corrected chi connectivity index (χ1v) is 9.56. The number of nitrogens with zero attached hydrogens (tertiary/aromatic N) is 3. The third-order valence-corrected chi connectivity index (χ3v) is 5.55. The molecule has 0 spiro atoms. The van der Waals surface area contributed by atoms with Gasteiger partial charge < -0.3 is 15.5 Å². The molecule has 1 aromatic heterocycles. The van der Waals surface area contributed by atoms with Gasteiger partial charge in [0.1, 0.15) is 21.4 Å². The Kier molecular flexibility index (Phi) is 5.69. The van der Waals surface area contributed by atoms with E-state index in [0.717, 1.165) is 5.01 Å². The van der Waals surface area contributed by atoms with E-state index in [1.165, 1.54) is 23.5 Å². The average molecular weight is 391 g/mol. The maximum absolute atomic E-state index is 13.5. The Morgan fingerprint density at radius 3 is 2.63 bits per heavy atom. The van der Waals surface area contributed by atoms with Crippen LogP contribution < -0.4 is 10.6 Å². The third kappa shape index (κ3) is 4.41. The summed E-state index contributed by atoms with van der Waals surface area (Å²) < 4.78 is 13.5. The summed E-state index contributed by atoms with van der Waals surface area (Å²) in [4.78, 5) is 26.8. The Balaban J connectivity index is 1.68. The molecular weight excluding hydrogens is 369 g/mol. The van der Waals surface area contributed by atoms with Crippen LogP contribution in [-0.4, -0.2) is 52.6 Å². The van der Waals surface area contributed by atoms with Crippen molar-refractivity contribution >= 4 is 28.8 Å². The summed E-state index contributed by atoms with van der Waals surface area (Å²) in [7, 11) is 1.58. The SMILES string of the molecule is CNC(=O)C1(Nc2cccc(F)c2)CCN(C(=O)Cc2nnc(C)s2)CC1. The van der Waals surface area contributed by atoms with E-state index < -0.39 is 5.54 Å². The predicted octanol–water partition coefficient (Wildman–Crippen LogP) is 1.75. The topological polar surface area (TPSA) is 87.2 Å². The van der Waals surface area contributed by atoms with Gasteiger partial charge >= 0.3 is 0 Å². The fourth-order valence-corrected chi connectivity index (χ4v) is 3.98. The molecule has 0 atom stereocenters. The van der Waals surface area contributed by atoms with E-state index in [0.29, 0.717) is 36.6 Å². The maximum Gasteiger partial charge on any atom is 0.245 e. The van der Waals surface area contributed by atoms with Crippen LogP contribution in [0.25, 0.3) is 0 Å². The number of anilines is 1. The van der Waals surface area contributed by atoms with Crippen LogP contribution in [0, 0.1) is 12.7 Å². The molecule has 1 aliphatic rings. The number of amides is 2. The highest BCUT2D eigenvalue weighted by Crippen LogP contribution is 2.28. The lowest BCUT2D eigenvalue weighted by Crippen LogP contribution is -2.58. The fourth-order valence-electron chi connectivity index (χ4n) is 3.28. The van der Waals surface area contributed by atoms with E-state index in [4.69, 9.17) is 0 Å². The molecule has 2 heterocycles. The van der Waals surface area contributed by atoms with Crippen molar-refractivity contribution in [1.29, 1.82) is 0 Å². The third-order valence-electron chi connectivity index (χ3n) is 4.71. The Bertz CT molecular complexity index is 833. The molecule has 1 fully saturated rings. The number of likely N-dealkylation sites (N-methyl/N-ethyl adjacent to an activating group) is 1. The first-order chi connectivity index (χ1) is 12.9. The van der Waals surface area contributed by atoms with Gasteiger partial charge in [-0.3, -0.25) is 9.59 Å². The number of nitrogens with one attached hydrogen (secondary N) is 2. The molecule has 2 aromatic rings. The van der Waals surface area contributed by atoms with Crippen molar-refractivity contribution < 1.29 is 14.0 Å². The summed E-state index contributed by atoms with van der Waals surface area (Å²) in [6.07, 6.45) is 1.09. The van der Waals surface area contributed by atoms with E-state index in [9.17, 15) is 14.0 Å².